The van der Waals surface area contributed by atoms with Crippen molar-refractivity contribution < 1.29 is 9.90 Å². The number of carbonyl (C=O) groups is 1. The molecule has 0 unspecified atom stereocenters. The third-order valence-corrected chi connectivity index (χ3v) is 3.53. The summed E-state index contributed by atoms with van der Waals surface area (Å²) in [6.45, 7) is 3.90. The maximum absolute atomic E-state index is 11.5. The molecule has 0 aliphatic carbocycles. The van der Waals surface area contributed by atoms with Crippen LogP contribution in [-0.2, 0) is 13.5 Å². The zero-order chi connectivity index (χ0) is 15.1. The molecule has 2 aromatic heterocycles. The first-order chi connectivity index (χ1) is 10.0. The van der Waals surface area contributed by atoms with E-state index in [1.165, 1.54) is 0 Å². The Balaban J connectivity index is 2.41. The molecule has 0 saturated carbocycles. The molecule has 3 rings (SSSR count). The van der Waals surface area contributed by atoms with E-state index < -0.39 is 5.97 Å². The quantitative estimate of drug-likeness (QED) is 0.801. The van der Waals surface area contributed by atoms with Crippen molar-refractivity contribution >= 4 is 17.0 Å². The van der Waals surface area contributed by atoms with E-state index >= 15 is 0 Å². The molecule has 2 heterocycles. The summed E-state index contributed by atoms with van der Waals surface area (Å²) in [6, 6.07) is 5.14. The number of rotatable bonds is 3. The lowest BCUT2D eigenvalue weighted by atomic mass is 10.1. The van der Waals surface area contributed by atoms with E-state index in [9.17, 15) is 9.90 Å². The van der Waals surface area contributed by atoms with Crippen molar-refractivity contribution in [2.75, 3.05) is 0 Å². The predicted molar refractivity (Wildman–Crippen MR) is 78.9 cm³/mol. The van der Waals surface area contributed by atoms with Crippen LogP contribution in [0.1, 0.15) is 28.8 Å². The molecule has 6 heteroatoms. The number of imidazole rings is 1. The molecular weight excluding hydrogens is 268 g/mol. The van der Waals surface area contributed by atoms with Crippen LogP contribution in [0.5, 0.6) is 0 Å². The zero-order valence-corrected chi connectivity index (χ0v) is 12.2. The molecular formula is C15H16N4O2. The van der Waals surface area contributed by atoms with Gasteiger partial charge < -0.3 is 5.11 Å². The van der Waals surface area contributed by atoms with Gasteiger partial charge in [-0.25, -0.2) is 9.78 Å². The molecule has 0 bridgehead atoms. The van der Waals surface area contributed by atoms with Crippen LogP contribution >= 0.6 is 0 Å². The normalized spacial score (nSPS) is 11.2. The average molecular weight is 284 g/mol. The van der Waals surface area contributed by atoms with E-state index in [0.717, 1.165) is 23.6 Å². The van der Waals surface area contributed by atoms with E-state index in [2.05, 4.69) is 10.1 Å². The van der Waals surface area contributed by atoms with Crippen molar-refractivity contribution in [2.24, 2.45) is 7.05 Å². The number of carboxylic acid groups (broad SMARTS) is 1. The van der Waals surface area contributed by atoms with Gasteiger partial charge in [0.15, 0.2) is 0 Å². The maximum atomic E-state index is 11.5. The monoisotopic (exact) mass is 284 g/mol. The summed E-state index contributed by atoms with van der Waals surface area (Å²) in [5, 5.41) is 13.9. The Labute approximate surface area is 121 Å². The molecule has 1 aromatic carbocycles. The van der Waals surface area contributed by atoms with Crippen molar-refractivity contribution in [3.05, 3.63) is 41.5 Å². The predicted octanol–water partition coefficient (Wildman–Crippen LogP) is 2.33. The van der Waals surface area contributed by atoms with Crippen LogP contribution in [0.3, 0.4) is 0 Å². The Morgan fingerprint density at radius 1 is 1.38 bits per heavy atom. The summed E-state index contributed by atoms with van der Waals surface area (Å²) < 4.78 is 3.62. The van der Waals surface area contributed by atoms with Crippen molar-refractivity contribution in [3.8, 4) is 5.69 Å². The highest BCUT2D eigenvalue weighted by molar-refractivity contribution is 6.01. The van der Waals surface area contributed by atoms with Crippen LogP contribution in [0.15, 0.2) is 24.4 Å². The highest BCUT2D eigenvalue weighted by Crippen LogP contribution is 2.26. The molecule has 0 aliphatic rings. The first-order valence-electron chi connectivity index (χ1n) is 6.77. The highest BCUT2D eigenvalue weighted by atomic mass is 16.4. The number of hydrogen-bond acceptors (Lipinski definition) is 3. The van der Waals surface area contributed by atoms with E-state index in [1.54, 1.807) is 16.8 Å². The van der Waals surface area contributed by atoms with Crippen LogP contribution in [0, 0.1) is 6.92 Å². The van der Waals surface area contributed by atoms with Gasteiger partial charge in [-0.2, -0.15) is 5.10 Å². The van der Waals surface area contributed by atoms with Gasteiger partial charge in [0, 0.05) is 13.2 Å². The second-order valence-electron chi connectivity index (χ2n) is 4.96. The van der Waals surface area contributed by atoms with Gasteiger partial charge in [0.2, 0.25) is 0 Å². The molecule has 0 fully saturated rings. The molecule has 21 heavy (non-hydrogen) atoms. The Morgan fingerprint density at radius 3 is 2.81 bits per heavy atom. The number of nitrogens with zero attached hydrogens (tertiary/aromatic N) is 4. The molecule has 0 atom stereocenters. The molecule has 0 saturated heterocycles. The van der Waals surface area contributed by atoms with Gasteiger partial charge in [-0.3, -0.25) is 9.25 Å². The SMILES string of the molecule is CCc1nn(C)cc1-n1c(C)nc2cccc(C(=O)O)c21. The van der Waals surface area contributed by atoms with Gasteiger partial charge in [0.05, 0.1) is 28.0 Å². The molecule has 0 spiro atoms. The minimum Gasteiger partial charge on any atom is -0.478 e. The number of para-hydroxylation sites is 1. The van der Waals surface area contributed by atoms with Gasteiger partial charge in [-0.05, 0) is 25.5 Å². The lowest BCUT2D eigenvalue weighted by Crippen LogP contribution is -2.04. The lowest BCUT2D eigenvalue weighted by Gasteiger charge is -2.07. The number of carboxylic acids is 1. The fraction of sp³-hybridized carbons (Fsp3) is 0.267. The van der Waals surface area contributed by atoms with Crippen molar-refractivity contribution in [3.63, 3.8) is 0 Å². The summed E-state index contributed by atoms with van der Waals surface area (Å²) in [7, 11) is 1.86. The van der Waals surface area contributed by atoms with E-state index in [4.69, 9.17) is 0 Å². The largest absolute Gasteiger partial charge is 0.478 e. The molecule has 1 N–H and O–H groups in total. The molecule has 0 aliphatic heterocycles. The topological polar surface area (TPSA) is 72.9 Å². The first-order valence-corrected chi connectivity index (χ1v) is 6.77. The maximum Gasteiger partial charge on any atom is 0.337 e. The van der Waals surface area contributed by atoms with E-state index in [-0.39, 0.29) is 5.56 Å². The number of aryl methyl sites for hydroxylation is 3. The number of aromatic nitrogens is 4. The van der Waals surface area contributed by atoms with Gasteiger partial charge in [0.1, 0.15) is 5.82 Å². The van der Waals surface area contributed by atoms with Crippen molar-refractivity contribution in [1.82, 2.24) is 19.3 Å². The minimum atomic E-state index is -0.955. The molecule has 6 nitrogen and oxygen atoms in total. The molecule has 0 radical (unpaired) electrons. The van der Waals surface area contributed by atoms with Crippen molar-refractivity contribution in [1.29, 1.82) is 0 Å². The number of fused-ring (bicyclic) bond motifs is 1. The molecule has 3 aromatic rings. The summed E-state index contributed by atoms with van der Waals surface area (Å²) in [6.07, 6.45) is 2.66. The summed E-state index contributed by atoms with van der Waals surface area (Å²) in [4.78, 5) is 16.0. The van der Waals surface area contributed by atoms with E-state index in [1.807, 2.05) is 37.7 Å². The standard InChI is InChI=1S/C15H16N4O2/c1-4-11-13(8-18(3)17-11)19-9(2)16-12-7-5-6-10(14(12)19)15(20)21/h5-8H,4H2,1-3H3,(H,20,21). The highest BCUT2D eigenvalue weighted by Gasteiger charge is 2.19. The molecule has 0 amide bonds. The summed E-state index contributed by atoms with van der Waals surface area (Å²) in [5.41, 5.74) is 3.34. The van der Waals surface area contributed by atoms with Gasteiger partial charge in [-0.1, -0.05) is 13.0 Å². The van der Waals surface area contributed by atoms with E-state index in [0.29, 0.717) is 11.0 Å². The van der Waals surface area contributed by atoms with Crippen LogP contribution in [0.2, 0.25) is 0 Å². The van der Waals surface area contributed by atoms with Crippen LogP contribution in [-0.4, -0.2) is 30.4 Å². The van der Waals surface area contributed by atoms with Gasteiger partial charge in [-0.15, -0.1) is 0 Å². The van der Waals surface area contributed by atoms with Crippen LogP contribution in [0.4, 0.5) is 0 Å². The number of hydrogen-bond donors (Lipinski definition) is 1. The number of benzene rings is 1. The lowest BCUT2D eigenvalue weighted by molar-refractivity contribution is 0.0698. The Hall–Kier alpha value is -2.63. The number of aromatic carboxylic acids is 1. The zero-order valence-electron chi connectivity index (χ0n) is 12.2. The smallest absolute Gasteiger partial charge is 0.337 e. The Kier molecular flexibility index (Phi) is 3.01. The minimum absolute atomic E-state index is 0.249. The Bertz CT molecular complexity index is 845. The van der Waals surface area contributed by atoms with Crippen LogP contribution < -0.4 is 0 Å². The van der Waals surface area contributed by atoms with Crippen LogP contribution in [0.25, 0.3) is 16.7 Å². The third-order valence-electron chi connectivity index (χ3n) is 3.53. The van der Waals surface area contributed by atoms with Crippen molar-refractivity contribution in [2.45, 2.75) is 20.3 Å². The second kappa shape index (κ2) is 4.73. The fourth-order valence-corrected chi connectivity index (χ4v) is 2.67. The molecule has 108 valence electrons. The first kappa shape index (κ1) is 13.4. The second-order valence-corrected chi connectivity index (χ2v) is 4.96. The average Bonchev–Trinajstić information content (AvgIpc) is 2.96. The van der Waals surface area contributed by atoms with Gasteiger partial charge >= 0.3 is 5.97 Å². The Morgan fingerprint density at radius 2 is 2.14 bits per heavy atom. The summed E-state index contributed by atoms with van der Waals surface area (Å²) in [5.74, 6) is -0.204. The fourth-order valence-electron chi connectivity index (χ4n) is 2.67. The summed E-state index contributed by atoms with van der Waals surface area (Å²) >= 11 is 0. The third kappa shape index (κ3) is 1.99. The van der Waals surface area contributed by atoms with Gasteiger partial charge in [0.25, 0.3) is 0 Å².